The summed E-state index contributed by atoms with van der Waals surface area (Å²) in [5, 5.41) is 4.57. The summed E-state index contributed by atoms with van der Waals surface area (Å²) in [7, 11) is 1.73. The van der Waals surface area contributed by atoms with Gasteiger partial charge in [-0.2, -0.15) is 5.10 Å². The van der Waals surface area contributed by atoms with Crippen molar-refractivity contribution in [2.75, 3.05) is 19.7 Å². The van der Waals surface area contributed by atoms with Gasteiger partial charge in [0.25, 0.3) is 5.91 Å². The van der Waals surface area contributed by atoms with Crippen LogP contribution in [0.4, 0.5) is 0 Å². The van der Waals surface area contributed by atoms with Crippen LogP contribution in [0.25, 0.3) is 0 Å². The minimum Gasteiger partial charge on any atom is -0.484 e. The Hall–Kier alpha value is -2.57. The van der Waals surface area contributed by atoms with Gasteiger partial charge >= 0.3 is 5.69 Å². The molecule has 2 aliphatic rings. The van der Waals surface area contributed by atoms with E-state index in [4.69, 9.17) is 4.74 Å². The molecule has 1 saturated carbocycles. The second kappa shape index (κ2) is 8.43. The molecule has 1 aromatic carbocycles. The standard InChI is InChI=1S/C22H30N4O3/c1-16-7-9-19(10-8-16)29-15-20(27)25-13-11-17(12-14-25)21-23-24(2)22(28)26(21)18-5-3-4-6-18/h7-10,17-18H,3-6,11-15H2,1-2H3. The zero-order valence-electron chi connectivity index (χ0n) is 17.3. The highest BCUT2D eigenvalue weighted by Crippen LogP contribution is 2.33. The van der Waals surface area contributed by atoms with Gasteiger partial charge < -0.3 is 9.64 Å². The number of aryl methyl sites for hydroxylation is 2. The Bertz CT molecular complexity index is 901. The maximum atomic E-state index is 12.6. The van der Waals surface area contributed by atoms with E-state index in [0.29, 0.717) is 18.8 Å². The first kappa shape index (κ1) is 19.7. The molecule has 29 heavy (non-hydrogen) atoms. The molecule has 1 saturated heterocycles. The molecule has 0 bridgehead atoms. The van der Waals surface area contributed by atoms with Gasteiger partial charge in [-0.1, -0.05) is 30.5 Å². The number of aromatic nitrogens is 3. The number of likely N-dealkylation sites (tertiary alicyclic amines) is 1. The molecule has 0 N–H and O–H groups in total. The quantitative estimate of drug-likeness (QED) is 0.777. The van der Waals surface area contributed by atoms with Crippen LogP contribution in [0.5, 0.6) is 5.75 Å². The normalized spacial score (nSPS) is 18.3. The molecule has 0 radical (unpaired) electrons. The van der Waals surface area contributed by atoms with Crippen molar-refractivity contribution in [3.05, 3.63) is 46.1 Å². The van der Waals surface area contributed by atoms with Gasteiger partial charge in [-0.15, -0.1) is 0 Å². The molecule has 4 rings (SSSR count). The number of hydrogen-bond donors (Lipinski definition) is 0. The lowest BCUT2D eigenvalue weighted by atomic mass is 9.95. The average molecular weight is 399 g/mol. The third kappa shape index (κ3) is 4.23. The number of nitrogens with zero attached hydrogens (tertiary/aromatic N) is 4. The molecule has 7 nitrogen and oxygen atoms in total. The minimum absolute atomic E-state index is 0.00287. The van der Waals surface area contributed by atoms with Crippen molar-refractivity contribution in [1.29, 1.82) is 0 Å². The predicted octanol–water partition coefficient (Wildman–Crippen LogP) is 2.79. The lowest BCUT2D eigenvalue weighted by Gasteiger charge is -2.32. The van der Waals surface area contributed by atoms with Crippen LogP contribution in [0.2, 0.25) is 0 Å². The summed E-state index contributed by atoms with van der Waals surface area (Å²) in [6.07, 6.45) is 6.15. The van der Waals surface area contributed by atoms with Crippen molar-refractivity contribution in [2.24, 2.45) is 7.05 Å². The summed E-state index contributed by atoms with van der Waals surface area (Å²) in [5.41, 5.74) is 1.16. The smallest absolute Gasteiger partial charge is 0.345 e. The van der Waals surface area contributed by atoms with E-state index in [1.807, 2.05) is 40.7 Å². The molecule has 2 aromatic rings. The highest BCUT2D eigenvalue weighted by Gasteiger charge is 2.31. The number of carbonyl (C=O) groups is 1. The van der Waals surface area contributed by atoms with Gasteiger partial charge in [0.05, 0.1) is 0 Å². The van der Waals surface area contributed by atoms with Gasteiger partial charge in [0.1, 0.15) is 11.6 Å². The molecular weight excluding hydrogens is 368 g/mol. The second-order valence-corrected chi connectivity index (χ2v) is 8.33. The molecule has 1 amide bonds. The van der Waals surface area contributed by atoms with Gasteiger partial charge in [-0.25, -0.2) is 9.48 Å². The largest absolute Gasteiger partial charge is 0.484 e. The summed E-state index contributed by atoms with van der Waals surface area (Å²) in [6, 6.07) is 8.01. The molecular formula is C22H30N4O3. The first-order valence-electron chi connectivity index (χ1n) is 10.7. The van der Waals surface area contributed by atoms with Gasteiger partial charge in [0, 0.05) is 32.1 Å². The number of ether oxygens (including phenoxy) is 1. The Morgan fingerprint density at radius 1 is 1.10 bits per heavy atom. The predicted molar refractivity (Wildman–Crippen MR) is 110 cm³/mol. The molecule has 2 fully saturated rings. The van der Waals surface area contributed by atoms with Crippen LogP contribution < -0.4 is 10.4 Å². The highest BCUT2D eigenvalue weighted by molar-refractivity contribution is 5.77. The van der Waals surface area contributed by atoms with Crippen molar-refractivity contribution >= 4 is 5.91 Å². The first-order chi connectivity index (χ1) is 14.0. The third-order valence-corrected chi connectivity index (χ3v) is 6.27. The zero-order chi connectivity index (χ0) is 20.4. The van der Waals surface area contributed by atoms with E-state index >= 15 is 0 Å². The number of rotatable bonds is 5. The molecule has 0 atom stereocenters. The molecule has 1 aromatic heterocycles. The summed E-state index contributed by atoms with van der Waals surface area (Å²) in [4.78, 5) is 27.0. The van der Waals surface area contributed by atoms with Crippen molar-refractivity contribution in [2.45, 2.75) is 57.4 Å². The van der Waals surface area contributed by atoms with Crippen LogP contribution in [0.1, 0.15) is 61.9 Å². The fourth-order valence-electron chi connectivity index (χ4n) is 4.54. The Labute approximate surface area is 171 Å². The van der Waals surface area contributed by atoms with Gasteiger partial charge in [0.2, 0.25) is 0 Å². The van der Waals surface area contributed by atoms with Crippen LogP contribution in [-0.4, -0.2) is 44.9 Å². The number of benzene rings is 1. The molecule has 2 heterocycles. The van der Waals surface area contributed by atoms with Crippen molar-refractivity contribution in [3.8, 4) is 5.75 Å². The van der Waals surface area contributed by atoms with E-state index in [1.54, 1.807) is 7.05 Å². The summed E-state index contributed by atoms with van der Waals surface area (Å²) in [6.45, 7) is 3.43. The Balaban J connectivity index is 1.36. The Morgan fingerprint density at radius 3 is 2.41 bits per heavy atom. The van der Waals surface area contributed by atoms with Crippen molar-refractivity contribution in [1.82, 2.24) is 19.2 Å². The van der Waals surface area contributed by atoms with Gasteiger partial charge in [-0.3, -0.25) is 9.36 Å². The number of amides is 1. The monoisotopic (exact) mass is 398 g/mol. The van der Waals surface area contributed by atoms with E-state index in [2.05, 4.69) is 5.10 Å². The van der Waals surface area contributed by atoms with Gasteiger partial charge in [0.15, 0.2) is 6.61 Å². The lowest BCUT2D eigenvalue weighted by Crippen LogP contribution is -2.41. The third-order valence-electron chi connectivity index (χ3n) is 6.27. The first-order valence-corrected chi connectivity index (χ1v) is 10.7. The molecule has 1 aliphatic heterocycles. The highest BCUT2D eigenvalue weighted by atomic mass is 16.5. The summed E-state index contributed by atoms with van der Waals surface area (Å²) < 4.78 is 9.05. The summed E-state index contributed by atoms with van der Waals surface area (Å²) >= 11 is 0. The van der Waals surface area contributed by atoms with Crippen LogP contribution in [-0.2, 0) is 11.8 Å². The molecule has 1 aliphatic carbocycles. The van der Waals surface area contributed by atoms with E-state index < -0.39 is 0 Å². The summed E-state index contributed by atoms with van der Waals surface area (Å²) in [5.74, 6) is 1.87. The number of piperidine rings is 1. The molecule has 7 heteroatoms. The molecule has 0 unspecified atom stereocenters. The van der Waals surface area contributed by atoms with Crippen LogP contribution in [0.3, 0.4) is 0 Å². The average Bonchev–Trinajstić information content (AvgIpc) is 3.36. The second-order valence-electron chi connectivity index (χ2n) is 8.33. The van der Waals surface area contributed by atoms with Gasteiger partial charge in [-0.05, 0) is 44.7 Å². The molecule has 0 spiro atoms. The fraction of sp³-hybridized carbons (Fsp3) is 0.591. The number of carbonyl (C=O) groups excluding carboxylic acids is 1. The van der Waals surface area contributed by atoms with Crippen LogP contribution in [0, 0.1) is 6.92 Å². The van der Waals surface area contributed by atoms with E-state index in [1.165, 1.54) is 17.5 Å². The maximum absolute atomic E-state index is 12.6. The molecule has 156 valence electrons. The van der Waals surface area contributed by atoms with Crippen molar-refractivity contribution in [3.63, 3.8) is 0 Å². The Kier molecular flexibility index (Phi) is 5.74. The van der Waals surface area contributed by atoms with E-state index in [9.17, 15) is 9.59 Å². The topological polar surface area (TPSA) is 69.4 Å². The maximum Gasteiger partial charge on any atom is 0.345 e. The van der Waals surface area contributed by atoms with E-state index in [0.717, 1.165) is 37.1 Å². The number of hydrogen-bond acceptors (Lipinski definition) is 4. The Morgan fingerprint density at radius 2 is 1.76 bits per heavy atom. The zero-order valence-corrected chi connectivity index (χ0v) is 17.3. The van der Waals surface area contributed by atoms with Crippen LogP contribution in [0.15, 0.2) is 29.1 Å². The fourth-order valence-corrected chi connectivity index (χ4v) is 4.54. The minimum atomic E-state index is -0.00287. The lowest BCUT2D eigenvalue weighted by molar-refractivity contribution is -0.134. The van der Waals surface area contributed by atoms with Crippen LogP contribution >= 0.6 is 0 Å². The SMILES string of the molecule is Cc1ccc(OCC(=O)N2CCC(c3nn(C)c(=O)n3C3CCCC3)CC2)cc1. The van der Waals surface area contributed by atoms with Crippen molar-refractivity contribution < 1.29 is 9.53 Å². The van der Waals surface area contributed by atoms with E-state index in [-0.39, 0.29) is 30.2 Å².